The van der Waals surface area contributed by atoms with Crippen LogP contribution in [0.15, 0.2) is 59.7 Å². The van der Waals surface area contributed by atoms with Crippen LogP contribution < -0.4 is 5.01 Å². The van der Waals surface area contributed by atoms with Crippen LogP contribution in [0.3, 0.4) is 0 Å². The highest BCUT2D eigenvalue weighted by molar-refractivity contribution is 6.42. The standard InChI is InChI=1S/C21H20ClN3O3/c1-14(21(27)28-13-15-5-3-2-4-6-15)24-11-16-12-25(23-19(16)20(24)26)18-9-7-17(22)8-10-18/h2-10,14,16H,11-13H2,1H3/t14-,16+/m0/s1. The number of amides is 1. The largest absolute Gasteiger partial charge is 0.459 e. The maximum absolute atomic E-state index is 12.8. The van der Waals surface area contributed by atoms with E-state index in [0.717, 1.165) is 11.3 Å². The second kappa shape index (κ2) is 7.64. The molecule has 0 unspecified atom stereocenters. The fraction of sp³-hybridized carbons (Fsp3) is 0.286. The molecule has 0 aliphatic carbocycles. The summed E-state index contributed by atoms with van der Waals surface area (Å²) in [6, 6.07) is 16.2. The highest BCUT2D eigenvalue weighted by Crippen LogP contribution is 2.29. The molecule has 6 nitrogen and oxygen atoms in total. The summed E-state index contributed by atoms with van der Waals surface area (Å²) in [5, 5.41) is 6.94. The third-order valence-corrected chi connectivity index (χ3v) is 5.31. The molecular formula is C21H20ClN3O3. The van der Waals surface area contributed by atoms with Crippen LogP contribution in [0.4, 0.5) is 5.69 Å². The number of carbonyl (C=O) groups is 2. The molecule has 1 saturated heterocycles. The van der Waals surface area contributed by atoms with Crippen LogP contribution in [0.25, 0.3) is 0 Å². The van der Waals surface area contributed by atoms with Gasteiger partial charge in [0.15, 0.2) is 0 Å². The summed E-state index contributed by atoms with van der Waals surface area (Å²) in [5.41, 5.74) is 2.30. The third kappa shape index (κ3) is 3.60. The Morgan fingerprint density at radius 1 is 1.18 bits per heavy atom. The molecule has 2 aliphatic rings. The van der Waals surface area contributed by atoms with E-state index < -0.39 is 12.0 Å². The molecule has 144 valence electrons. The highest BCUT2D eigenvalue weighted by Gasteiger charge is 2.45. The Hall–Kier alpha value is -2.86. The average Bonchev–Trinajstić information content (AvgIpc) is 3.26. The zero-order valence-electron chi connectivity index (χ0n) is 15.4. The summed E-state index contributed by atoms with van der Waals surface area (Å²) >= 11 is 5.93. The van der Waals surface area contributed by atoms with E-state index in [-0.39, 0.29) is 18.4 Å². The molecular weight excluding hydrogens is 378 g/mol. The smallest absolute Gasteiger partial charge is 0.328 e. The predicted octanol–water partition coefficient (Wildman–Crippen LogP) is 3.11. The molecule has 4 rings (SSSR count). The van der Waals surface area contributed by atoms with Crippen molar-refractivity contribution < 1.29 is 14.3 Å². The molecule has 1 fully saturated rings. The number of hydrazone groups is 1. The average molecular weight is 398 g/mol. The molecule has 2 heterocycles. The van der Waals surface area contributed by atoms with Crippen molar-refractivity contribution in [3.8, 4) is 0 Å². The van der Waals surface area contributed by atoms with Crippen molar-refractivity contribution in [1.29, 1.82) is 0 Å². The number of benzene rings is 2. The van der Waals surface area contributed by atoms with Crippen LogP contribution in [-0.2, 0) is 20.9 Å². The van der Waals surface area contributed by atoms with E-state index >= 15 is 0 Å². The van der Waals surface area contributed by atoms with E-state index in [1.807, 2.05) is 47.5 Å². The first-order chi connectivity index (χ1) is 13.5. The lowest BCUT2D eigenvalue weighted by Crippen LogP contribution is -2.42. The molecule has 0 saturated carbocycles. The molecule has 0 aromatic heterocycles. The topological polar surface area (TPSA) is 62.2 Å². The second-order valence-corrected chi connectivity index (χ2v) is 7.40. The zero-order valence-corrected chi connectivity index (χ0v) is 16.2. The van der Waals surface area contributed by atoms with E-state index in [1.54, 1.807) is 24.0 Å². The maximum Gasteiger partial charge on any atom is 0.328 e. The Morgan fingerprint density at radius 3 is 2.57 bits per heavy atom. The zero-order chi connectivity index (χ0) is 19.7. The number of fused-ring (bicyclic) bond motifs is 1. The number of esters is 1. The Kier molecular flexibility index (Phi) is 5.05. The van der Waals surface area contributed by atoms with Crippen molar-refractivity contribution in [2.45, 2.75) is 19.6 Å². The van der Waals surface area contributed by atoms with Gasteiger partial charge in [0.25, 0.3) is 5.91 Å². The molecule has 0 N–H and O–H groups in total. The molecule has 7 heteroatoms. The third-order valence-electron chi connectivity index (χ3n) is 5.06. The van der Waals surface area contributed by atoms with Gasteiger partial charge in [-0.25, -0.2) is 4.79 Å². The highest BCUT2D eigenvalue weighted by atomic mass is 35.5. The number of nitrogens with zero attached hydrogens (tertiary/aromatic N) is 3. The minimum absolute atomic E-state index is 0.0208. The minimum atomic E-state index is -0.645. The van der Waals surface area contributed by atoms with Crippen molar-refractivity contribution in [3.05, 3.63) is 65.2 Å². The van der Waals surface area contributed by atoms with Gasteiger partial charge in [0.1, 0.15) is 18.4 Å². The second-order valence-electron chi connectivity index (χ2n) is 6.97. The number of hydrogen-bond acceptors (Lipinski definition) is 5. The molecule has 2 aliphatic heterocycles. The molecule has 28 heavy (non-hydrogen) atoms. The fourth-order valence-corrected chi connectivity index (χ4v) is 3.59. The van der Waals surface area contributed by atoms with Gasteiger partial charge in [-0.3, -0.25) is 9.80 Å². The number of carbonyl (C=O) groups excluding carboxylic acids is 2. The van der Waals surface area contributed by atoms with Crippen molar-refractivity contribution in [2.24, 2.45) is 11.0 Å². The van der Waals surface area contributed by atoms with E-state index in [2.05, 4.69) is 5.10 Å². The Bertz CT molecular complexity index is 914. The first kappa shape index (κ1) is 18.5. The van der Waals surface area contributed by atoms with E-state index in [0.29, 0.717) is 23.8 Å². The van der Waals surface area contributed by atoms with Crippen LogP contribution in [0.1, 0.15) is 12.5 Å². The van der Waals surface area contributed by atoms with Crippen LogP contribution >= 0.6 is 11.6 Å². The van der Waals surface area contributed by atoms with Crippen LogP contribution in [0.5, 0.6) is 0 Å². The lowest BCUT2D eigenvalue weighted by atomic mass is 10.1. The van der Waals surface area contributed by atoms with Gasteiger partial charge in [0, 0.05) is 17.5 Å². The monoisotopic (exact) mass is 397 g/mol. The number of anilines is 1. The lowest BCUT2D eigenvalue weighted by Gasteiger charge is -2.24. The summed E-state index contributed by atoms with van der Waals surface area (Å²) in [7, 11) is 0. The van der Waals surface area contributed by atoms with Crippen LogP contribution in [0, 0.1) is 5.92 Å². The molecule has 2 atom stereocenters. The molecule has 0 bridgehead atoms. The Labute approximate surface area is 168 Å². The van der Waals surface area contributed by atoms with Gasteiger partial charge in [0.05, 0.1) is 12.2 Å². The summed E-state index contributed by atoms with van der Waals surface area (Å²) in [5.74, 6) is -0.634. The lowest BCUT2D eigenvalue weighted by molar-refractivity contribution is -0.153. The van der Waals surface area contributed by atoms with Gasteiger partial charge in [-0.05, 0) is 36.8 Å². The summed E-state index contributed by atoms with van der Waals surface area (Å²) in [6.07, 6.45) is 0. The Balaban J connectivity index is 1.40. The van der Waals surface area contributed by atoms with Crippen molar-refractivity contribution in [1.82, 2.24) is 4.90 Å². The minimum Gasteiger partial charge on any atom is -0.459 e. The van der Waals surface area contributed by atoms with E-state index in [9.17, 15) is 9.59 Å². The summed E-state index contributed by atoms with van der Waals surface area (Å²) in [6.45, 7) is 2.96. The maximum atomic E-state index is 12.8. The van der Waals surface area contributed by atoms with Crippen molar-refractivity contribution in [3.63, 3.8) is 0 Å². The normalized spacial score (nSPS) is 19.4. The molecule has 0 radical (unpaired) electrons. The number of rotatable bonds is 5. The van der Waals surface area contributed by atoms with Crippen molar-refractivity contribution in [2.75, 3.05) is 18.1 Å². The first-order valence-corrected chi connectivity index (χ1v) is 9.54. The SMILES string of the molecule is C[C@@H](C(=O)OCc1ccccc1)N1C[C@@H]2CN(c3ccc(Cl)cc3)N=C2C1=O. The first-order valence-electron chi connectivity index (χ1n) is 9.16. The van der Waals surface area contributed by atoms with Crippen LogP contribution in [0.2, 0.25) is 5.02 Å². The van der Waals surface area contributed by atoms with Gasteiger partial charge in [-0.15, -0.1) is 0 Å². The quantitative estimate of drug-likeness (QED) is 0.727. The molecule has 2 aromatic rings. The van der Waals surface area contributed by atoms with Crippen LogP contribution in [-0.4, -0.2) is 41.6 Å². The predicted molar refractivity (Wildman–Crippen MR) is 107 cm³/mol. The Morgan fingerprint density at radius 2 is 1.89 bits per heavy atom. The van der Waals surface area contributed by atoms with E-state index in [4.69, 9.17) is 16.3 Å². The van der Waals surface area contributed by atoms with E-state index in [1.165, 1.54) is 0 Å². The van der Waals surface area contributed by atoms with Gasteiger partial charge in [0.2, 0.25) is 0 Å². The number of halogens is 1. The number of ether oxygens (including phenoxy) is 1. The fourth-order valence-electron chi connectivity index (χ4n) is 3.46. The number of hydrogen-bond donors (Lipinski definition) is 0. The van der Waals surface area contributed by atoms with Crippen molar-refractivity contribution >= 4 is 34.9 Å². The van der Waals surface area contributed by atoms with Gasteiger partial charge >= 0.3 is 5.97 Å². The summed E-state index contributed by atoms with van der Waals surface area (Å²) < 4.78 is 5.38. The van der Waals surface area contributed by atoms with Gasteiger partial charge in [-0.1, -0.05) is 41.9 Å². The summed E-state index contributed by atoms with van der Waals surface area (Å²) in [4.78, 5) is 26.7. The molecule has 2 aromatic carbocycles. The van der Waals surface area contributed by atoms with Gasteiger partial charge in [-0.2, -0.15) is 5.10 Å². The molecule has 1 amide bonds. The van der Waals surface area contributed by atoms with Gasteiger partial charge < -0.3 is 9.64 Å². The number of likely N-dealkylation sites (tertiary alicyclic amines) is 1. The molecule has 0 spiro atoms.